The molecular formula is C7H9ClO4. The Bertz CT molecular complexity index is 176. The van der Waals surface area contributed by atoms with E-state index in [0.717, 1.165) is 0 Å². The van der Waals surface area contributed by atoms with Crippen LogP contribution < -0.4 is 0 Å². The van der Waals surface area contributed by atoms with Gasteiger partial charge in [0.2, 0.25) is 0 Å². The summed E-state index contributed by atoms with van der Waals surface area (Å²) in [5.74, 6) is -2.51. The van der Waals surface area contributed by atoms with E-state index in [4.69, 9.17) is 21.8 Å². The minimum atomic E-state index is -1.26. The summed E-state index contributed by atoms with van der Waals surface area (Å²) in [5, 5.41) is 15.6. The lowest BCUT2D eigenvalue weighted by Crippen LogP contribution is -1.91. The number of hydrogen-bond acceptors (Lipinski definition) is 2. The van der Waals surface area contributed by atoms with Gasteiger partial charge in [0.1, 0.15) is 0 Å². The first-order valence-electron chi connectivity index (χ1n) is 2.90. The van der Waals surface area contributed by atoms with Gasteiger partial charge in [-0.2, -0.15) is 0 Å². The highest BCUT2D eigenvalue weighted by atomic mass is 35.5. The highest BCUT2D eigenvalue weighted by molar-refractivity contribution is 6.25. The van der Waals surface area contributed by atoms with Crippen molar-refractivity contribution in [1.82, 2.24) is 0 Å². The molecule has 0 amide bonds. The number of halogens is 1. The fourth-order valence-electron chi connectivity index (χ4n) is 0.143. The molecule has 0 saturated carbocycles. The number of hydrogen-bond donors (Lipinski definition) is 2. The fourth-order valence-corrected chi connectivity index (χ4v) is 0.143. The Morgan fingerprint density at radius 1 is 1.17 bits per heavy atom. The molecule has 0 rings (SSSR count). The summed E-state index contributed by atoms with van der Waals surface area (Å²) in [6.45, 7) is 1.87. The largest absolute Gasteiger partial charge is 0.478 e. The molecule has 0 spiro atoms. The number of carboxylic acid groups (broad SMARTS) is 2. The van der Waals surface area contributed by atoms with Gasteiger partial charge >= 0.3 is 11.9 Å². The third-order valence-electron chi connectivity index (χ3n) is 0.494. The second-order valence-corrected chi connectivity index (χ2v) is 1.72. The average molecular weight is 193 g/mol. The van der Waals surface area contributed by atoms with Crippen molar-refractivity contribution >= 4 is 23.5 Å². The summed E-state index contributed by atoms with van der Waals surface area (Å²) in [4.78, 5) is 19.1. The Morgan fingerprint density at radius 3 is 1.50 bits per heavy atom. The SMILES string of the molecule is CC=CCl.O=C(O)/C=C\C(=O)O. The molecule has 0 radical (unpaired) electrons. The lowest BCUT2D eigenvalue weighted by Gasteiger charge is -1.74. The van der Waals surface area contributed by atoms with Gasteiger partial charge in [-0.25, -0.2) is 9.59 Å². The van der Waals surface area contributed by atoms with Crippen molar-refractivity contribution in [1.29, 1.82) is 0 Å². The van der Waals surface area contributed by atoms with E-state index in [1.54, 1.807) is 6.08 Å². The van der Waals surface area contributed by atoms with Crippen molar-refractivity contribution < 1.29 is 19.8 Å². The van der Waals surface area contributed by atoms with Crippen molar-refractivity contribution in [3.05, 3.63) is 23.8 Å². The van der Waals surface area contributed by atoms with Crippen LogP contribution >= 0.6 is 11.6 Å². The molecule has 0 fully saturated rings. The molecule has 0 aliphatic carbocycles. The van der Waals surface area contributed by atoms with Crippen LogP contribution in [0.4, 0.5) is 0 Å². The van der Waals surface area contributed by atoms with Crippen molar-refractivity contribution in [2.45, 2.75) is 6.92 Å². The second kappa shape index (κ2) is 9.71. The molecule has 0 aliphatic rings. The number of aliphatic carboxylic acids is 2. The fraction of sp³-hybridized carbons (Fsp3) is 0.143. The Morgan fingerprint density at radius 2 is 1.42 bits per heavy atom. The summed E-state index contributed by atoms with van der Waals surface area (Å²) in [6, 6.07) is 0. The van der Waals surface area contributed by atoms with Crippen LogP contribution in [-0.2, 0) is 9.59 Å². The molecule has 0 atom stereocenters. The van der Waals surface area contributed by atoms with Crippen LogP contribution in [0, 0.1) is 0 Å². The molecule has 0 unspecified atom stereocenters. The van der Waals surface area contributed by atoms with E-state index in [1.807, 2.05) is 6.92 Å². The maximum Gasteiger partial charge on any atom is 0.328 e. The zero-order valence-corrected chi connectivity index (χ0v) is 7.15. The number of carboxylic acids is 2. The van der Waals surface area contributed by atoms with E-state index in [1.165, 1.54) is 5.54 Å². The van der Waals surface area contributed by atoms with Crippen LogP contribution in [0.25, 0.3) is 0 Å². The Balaban J connectivity index is 0. The van der Waals surface area contributed by atoms with Crippen LogP contribution in [0.5, 0.6) is 0 Å². The molecule has 0 aromatic carbocycles. The predicted octanol–water partition coefficient (Wildman–Crippen LogP) is 1.47. The quantitative estimate of drug-likeness (QED) is 0.650. The maximum absolute atomic E-state index is 9.55. The van der Waals surface area contributed by atoms with Crippen molar-refractivity contribution in [2.24, 2.45) is 0 Å². The topological polar surface area (TPSA) is 74.6 Å². The van der Waals surface area contributed by atoms with Gasteiger partial charge in [0.15, 0.2) is 0 Å². The molecule has 0 aromatic rings. The summed E-state index contributed by atoms with van der Waals surface area (Å²) in [5.41, 5.74) is 1.47. The summed E-state index contributed by atoms with van der Waals surface area (Å²) >= 11 is 5.01. The molecule has 68 valence electrons. The van der Waals surface area contributed by atoms with Gasteiger partial charge in [-0.3, -0.25) is 0 Å². The first-order chi connectivity index (χ1) is 5.54. The van der Waals surface area contributed by atoms with E-state index in [2.05, 4.69) is 0 Å². The standard InChI is InChI=1S/C4H4O4.C3H5Cl/c5-3(6)1-2-4(7)8;1-2-3-4/h1-2H,(H,5,6)(H,7,8);2-3H,1H3/b2-1-;. The average Bonchev–Trinajstić information content (AvgIpc) is 2.01. The Labute approximate surface area is 74.8 Å². The van der Waals surface area contributed by atoms with Crippen LogP contribution in [-0.4, -0.2) is 22.2 Å². The van der Waals surface area contributed by atoms with Gasteiger partial charge in [0.25, 0.3) is 0 Å². The first kappa shape index (κ1) is 13.3. The maximum atomic E-state index is 9.55. The van der Waals surface area contributed by atoms with Gasteiger partial charge in [-0.05, 0) is 12.5 Å². The minimum Gasteiger partial charge on any atom is -0.478 e. The minimum absolute atomic E-state index is 0.558. The number of allylic oxidation sites excluding steroid dienone is 1. The van der Waals surface area contributed by atoms with Crippen molar-refractivity contribution in [2.75, 3.05) is 0 Å². The smallest absolute Gasteiger partial charge is 0.328 e. The van der Waals surface area contributed by atoms with Crippen LogP contribution in [0.15, 0.2) is 23.8 Å². The Kier molecular flexibility index (Phi) is 10.8. The van der Waals surface area contributed by atoms with E-state index in [9.17, 15) is 9.59 Å². The molecule has 2 N–H and O–H groups in total. The Hall–Kier alpha value is -1.29. The van der Waals surface area contributed by atoms with E-state index in [0.29, 0.717) is 12.2 Å². The molecule has 0 aliphatic heterocycles. The third-order valence-corrected chi connectivity index (χ3v) is 0.746. The lowest BCUT2D eigenvalue weighted by molar-refractivity contribution is -0.134. The molecular weight excluding hydrogens is 184 g/mol. The number of rotatable bonds is 2. The summed E-state index contributed by atoms with van der Waals surface area (Å²) < 4.78 is 0. The van der Waals surface area contributed by atoms with Crippen LogP contribution in [0.2, 0.25) is 0 Å². The summed E-state index contributed by atoms with van der Waals surface area (Å²) in [6.07, 6.45) is 2.88. The van der Waals surface area contributed by atoms with E-state index in [-0.39, 0.29) is 0 Å². The molecule has 0 heterocycles. The van der Waals surface area contributed by atoms with E-state index >= 15 is 0 Å². The molecule has 0 aromatic heterocycles. The third kappa shape index (κ3) is 23.3. The molecule has 12 heavy (non-hydrogen) atoms. The highest BCUT2D eigenvalue weighted by Crippen LogP contribution is 1.71. The molecule has 0 saturated heterocycles. The highest BCUT2D eigenvalue weighted by Gasteiger charge is 1.88. The van der Waals surface area contributed by atoms with Crippen molar-refractivity contribution in [3.63, 3.8) is 0 Å². The first-order valence-corrected chi connectivity index (χ1v) is 3.33. The van der Waals surface area contributed by atoms with E-state index < -0.39 is 11.9 Å². The zero-order valence-electron chi connectivity index (χ0n) is 6.40. The van der Waals surface area contributed by atoms with Crippen LogP contribution in [0.3, 0.4) is 0 Å². The predicted molar refractivity (Wildman–Crippen MR) is 45.1 cm³/mol. The van der Waals surface area contributed by atoms with Gasteiger partial charge in [0.05, 0.1) is 0 Å². The summed E-state index contributed by atoms with van der Waals surface area (Å²) in [7, 11) is 0. The normalized spacial score (nSPS) is 9.50. The zero-order chi connectivity index (χ0) is 9.98. The lowest BCUT2D eigenvalue weighted by atomic mass is 10.5. The molecule has 4 nitrogen and oxygen atoms in total. The monoisotopic (exact) mass is 192 g/mol. The number of carbonyl (C=O) groups is 2. The van der Waals surface area contributed by atoms with Gasteiger partial charge in [0, 0.05) is 12.2 Å². The van der Waals surface area contributed by atoms with Crippen molar-refractivity contribution in [3.8, 4) is 0 Å². The second-order valence-electron chi connectivity index (χ2n) is 1.47. The molecule has 0 bridgehead atoms. The van der Waals surface area contributed by atoms with Gasteiger partial charge in [-0.15, -0.1) is 0 Å². The van der Waals surface area contributed by atoms with Gasteiger partial charge < -0.3 is 10.2 Å². The van der Waals surface area contributed by atoms with Crippen LogP contribution in [0.1, 0.15) is 6.92 Å². The van der Waals surface area contributed by atoms with Gasteiger partial charge in [-0.1, -0.05) is 17.7 Å². The molecule has 5 heteroatoms.